The number of fused-ring (bicyclic) bond motifs is 2. The molecule has 1 unspecified atom stereocenters. The molecule has 3 N–H and O–H groups in total. The number of hydrogen-bond acceptors (Lipinski definition) is 5. The van der Waals surface area contributed by atoms with Crippen LogP contribution < -0.4 is 16.0 Å². The number of hydrogen-bond donors (Lipinski definition) is 3. The molecule has 1 aliphatic rings. The van der Waals surface area contributed by atoms with Crippen molar-refractivity contribution in [3.8, 4) is 0 Å². The topological polar surface area (TPSA) is 105 Å². The Balaban J connectivity index is 1.74. The van der Waals surface area contributed by atoms with Crippen molar-refractivity contribution in [2.45, 2.75) is 19.5 Å². The third-order valence-electron chi connectivity index (χ3n) is 4.64. The van der Waals surface area contributed by atoms with Gasteiger partial charge in [-0.25, -0.2) is 0 Å². The fourth-order valence-corrected chi connectivity index (χ4v) is 4.04. The van der Waals surface area contributed by atoms with Gasteiger partial charge < -0.3 is 20.5 Å². The molecule has 8 nitrogen and oxygen atoms in total. The van der Waals surface area contributed by atoms with E-state index in [0.717, 1.165) is 10.1 Å². The largest absolute Gasteiger partial charge is 0.354 e. The molecule has 2 aromatic heterocycles. The van der Waals surface area contributed by atoms with E-state index in [4.69, 9.17) is 0 Å². The van der Waals surface area contributed by atoms with Crippen LogP contribution in [0.2, 0.25) is 0 Å². The highest BCUT2D eigenvalue weighted by atomic mass is 32.1. The predicted octanol–water partition coefficient (Wildman–Crippen LogP) is 1.90. The Morgan fingerprint density at radius 3 is 2.85 bits per heavy atom. The zero-order valence-corrected chi connectivity index (χ0v) is 15.5. The lowest BCUT2D eigenvalue weighted by Crippen LogP contribution is -2.39. The van der Waals surface area contributed by atoms with E-state index in [1.54, 1.807) is 17.6 Å². The molecule has 3 heterocycles. The van der Waals surface area contributed by atoms with Gasteiger partial charge in [-0.1, -0.05) is 18.2 Å². The van der Waals surface area contributed by atoms with E-state index in [0.29, 0.717) is 22.8 Å². The van der Waals surface area contributed by atoms with Crippen LogP contribution in [0.1, 0.15) is 39.6 Å². The third kappa shape index (κ3) is 2.76. The smallest absolute Gasteiger partial charge is 0.276 e. The Labute approximate surface area is 158 Å². The average molecular weight is 383 g/mol. The first kappa shape index (κ1) is 17.2. The van der Waals surface area contributed by atoms with Crippen LogP contribution >= 0.6 is 11.5 Å². The van der Waals surface area contributed by atoms with Gasteiger partial charge in [0.15, 0.2) is 0 Å². The maximum atomic E-state index is 12.8. The molecule has 0 saturated heterocycles. The zero-order chi connectivity index (χ0) is 19.1. The first-order valence-electron chi connectivity index (χ1n) is 8.41. The number of amides is 3. The minimum atomic E-state index is -0.549. The number of nitrogens with zero attached hydrogens (tertiary/aromatic N) is 2. The van der Waals surface area contributed by atoms with E-state index >= 15 is 0 Å². The van der Waals surface area contributed by atoms with Gasteiger partial charge in [0, 0.05) is 12.4 Å². The van der Waals surface area contributed by atoms with Crippen molar-refractivity contribution in [3.05, 3.63) is 47.4 Å². The van der Waals surface area contributed by atoms with Gasteiger partial charge in [0.1, 0.15) is 17.4 Å². The van der Waals surface area contributed by atoms with Gasteiger partial charge in [-0.05, 0) is 30.6 Å². The van der Waals surface area contributed by atoms with Gasteiger partial charge in [-0.3, -0.25) is 14.4 Å². The second-order valence-electron chi connectivity index (χ2n) is 6.21. The van der Waals surface area contributed by atoms with Crippen molar-refractivity contribution >= 4 is 45.0 Å². The van der Waals surface area contributed by atoms with Crippen LogP contribution in [0.25, 0.3) is 10.1 Å². The average Bonchev–Trinajstić information content (AvgIpc) is 3.26. The molecule has 0 radical (unpaired) electrons. The first-order valence-corrected chi connectivity index (χ1v) is 9.18. The molecule has 0 fully saturated rings. The number of nitrogens with one attached hydrogen (secondary N) is 3. The Morgan fingerprint density at radius 1 is 1.30 bits per heavy atom. The normalized spacial score (nSPS) is 15.9. The molecule has 0 saturated carbocycles. The van der Waals surface area contributed by atoms with Gasteiger partial charge in [0.25, 0.3) is 11.8 Å². The number of carbonyl (C=O) groups excluding carboxylic acids is 3. The molecule has 138 valence electrons. The highest BCUT2D eigenvalue weighted by Gasteiger charge is 2.31. The summed E-state index contributed by atoms with van der Waals surface area (Å²) >= 11 is 1.26. The maximum absolute atomic E-state index is 12.8. The van der Waals surface area contributed by atoms with E-state index < -0.39 is 6.04 Å². The van der Waals surface area contributed by atoms with Crippen molar-refractivity contribution in [2.75, 3.05) is 12.4 Å². The summed E-state index contributed by atoms with van der Waals surface area (Å²) in [5.41, 5.74) is 1.83. The Hall–Kier alpha value is -3.20. The molecule has 27 heavy (non-hydrogen) atoms. The Morgan fingerprint density at radius 2 is 2.07 bits per heavy atom. The second-order valence-corrected chi connectivity index (χ2v) is 7.02. The monoisotopic (exact) mass is 383 g/mol. The van der Waals surface area contributed by atoms with E-state index in [-0.39, 0.29) is 24.3 Å². The first-order chi connectivity index (χ1) is 13.0. The third-order valence-corrected chi connectivity index (χ3v) is 5.47. The summed E-state index contributed by atoms with van der Waals surface area (Å²) in [6.07, 6.45) is 0. The molecule has 0 bridgehead atoms. The minimum absolute atomic E-state index is 0.174. The van der Waals surface area contributed by atoms with Crippen molar-refractivity contribution < 1.29 is 14.4 Å². The molecule has 3 aromatic rings. The molecule has 1 aromatic carbocycles. The molecule has 1 aliphatic heterocycles. The maximum Gasteiger partial charge on any atom is 0.276 e. The highest BCUT2D eigenvalue weighted by Crippen LogP contribution is 2.30. The fourth-order valence-electron chi connectivity index (χ4n) is 3.27. The lowest BCUT2D eigenvalue weighted by Gasteiger charge is -2.25. The van der Waals surface area contributed by atoms with Crippen LogP contribution in [-0.2, 0) is 11.3 Å². The Bertz CT molecular complexity index is 1080. The predicted molar refractivity (Wildman–Crippen MR) is 102 cm³/mol. The molecule has 9 heteroatoms. The second kappa shape index (κ2) is 6.51. The summed E-state index contributed by atoms with van der Waals surface area (Å²) in [4.78, 5) is 37.1. The van der Waals surface area contributed by atoms with Crippen LogP contribution in [-0.4, -0.2) is 33.7 Å². The standard InChI is InChI=1S/C18H17N5O3S/c1-9-16(24)20-8-13-11(7-12(23(9)13)17(25)19-2)21-18(26)15-10-5-3-4-6-14(10)27-22-15/h3-7,9H,8H2,1-2H3,(H,19,25)(H,20,24)(H,21,26). The van der Waals surface area contributed by atoms with Crippen LogP contribution in [0.5, 0.6) is 0 Å². The number of carbonyl (C=O) groups is 3. The van der Waals surface area contributed by atoms with E-state index in [1.807, 2.05) is 24.3 Å². The SMILES string of the molecule is CNC(=O)c1cc(NC(=O)c2nsc3ccccc23)c2n1C(C)C(=O)NC2. The van der Waals surface area contributed by atoms with Gasteiger partial charge in [-0.2, -0.15) is 4.37 Å². The van der Waals surface area contributed by atoms with Gasteiger partial charge in [0.2, 0.25) is 5.91 Å². The number of aromatic nitrogens is 2. The van der Waals surface area contributed by atoms with Gasteiger partial charge in [-0.15, -0.1) is 0 Å². The van der Waals surface area contributed by atoms with E-state index in [2.05, 4.69) is 20.3 Å². The van der Waals surface area contributed by atoms with Crippen molar-refractivity contribution in [1.29, 1.82) is 0 Å². The minimum Gasteiger partial charge on any atom is -0.354 e. The fraction of sp³-hybridized carbons (Fsp3) is 0.222. The Kier molecular flexibility index (Phi) is 4.15. The van der Waals surface area contributed by atoms with Gasteiger partial charge >= 0.3 is 0 Å². The summed E-state index contributed by atoms with van der Waals surface area (Å²) in [5.74, 6) is -0.849. The van der Waals surface area contributed by atoms with Gasteiger partial charge in [0.05, 0.1) is 22.6 Å². The molecule has 1 atom stereocenters. The summed E-state index contributed by atoms with van der Waals surface area (Å²) in [6, 6.07) is 8.55. The van der Waals surface area contributed by atoms with Crippen LogP contribution in [0.4, 0.5) is 5.69 Å². The molecule has 3 amide bonds. The zero-order valence-electron chi connectivity index (χ0n) is 14.7. The summed E-state index contributed by atoms with van der Waals surface area (Å²) < 4.78 is 6.85. The van der Waals surface area contributed by atoms with Crippen LogP contribution in [0, 0.1) is 0 Å². The quantitative estimate of drug-likeness (QED) is 0.642. The van der Waals surface area contributed by atoms with Crippen LogP contribution in [0.3, 0.4) is 0 Å². The number of rotatable bonds is 3. The van der Waals surface area contributed by atoms with Crippen LogP contribution in [0.15, 0.2) is 30.3 Å². The van der Waals surface area contributed by atoms with Crippen molar-refractivity contribution in [2.24, 2.45) is 0 Å². The molecular weight excluding hydrogens is 366 g/mol. The number of anilines is 1. The number of benzene rings is 1. The van der Waals surface area contributed by atoms with Crippen molar-refractivity contribution in [1.82, 2.24) is 19.6 Å². The molecular formula is C18H17N5O3S. The van der Waals surface area contributed by atoms with E-state index in [1.165, 1.54) is 18.6 Å². The van der Waals surface area contributed by atoms with E-state index in [9.17, 15) is 14.4 Å². The lowest BCUT2D eigenvalue weighted by atomic mass is 10.2. The summed E-state index contributed by atoms with van der Waals surface area (Å²) in [7, 11) is 1.52. The summed E-state index contributed by atoms with van der Waals surface area (Å²) in [5, 5.41) is 8.98. The summed E-state index contributed by atoms with van der Waals surface area (Å²) in [6.45, 7) is 1.94. The lowest BCUT2D eigenvalue weighted by molar-refractivity contribution is -0.125. The molecule has 0 spiro atoms. The van der Waals surface area contributed by atoms with Crippen molar-refractivity contribution in [3.63, 3.8) is 0 Å². The molecule has 0 aliphatic carbocycles. The molecule has 4 rings (SSSR count). The highest BCUT2D eigenvalue weighted by molar-refractivity contribution is 7.13.